The van der Waals surface area contributed by atoms with Crippen LogP contribution in [0.15, 0.2) is 16.4 Å². The Morgan fingerprint density at radius 2 is 1.89 bits per heavy atom. The summed E-state index contributed by atoms with van der Waals surface area (Å²) in [6.07, 6.45) is -0.0351. The molecule has 1 aromatic heterocycles. The van der Waals surface area contributed by atoms with Crippen molar-refractivity contribution in [1.29, 1.82) is 0 Å². The van der Waals surface area contributed by atoms with Gasteiger partial charge < -0.3 is 9.49 Å². The van der Waals surface area contributed by atoms with Crippen molar-refractivity contribution in [1.82, 2.24) is 14.3 Å². The highest BCUT2D eigenvalue weighted by molar-refractivity contribution is 14.1. The molecule has 16 heteroatoms. The number of Topliss-reactive ketones (excluding diaryl/α,β-unsaturated/α-hetero) is 1. The Bertz CT molecular complexity index is 1230. The van der Waals surface area contributed by atoms with Gasteiger partial charge in [0.15, 0.2) is 17.3 Å². The zero-order chi connectivity index (χ0) is 29.0. The molecule has 1 saturated heterocycles. The number of β-lactam (4-membered cyclic amide) rings is 1. The Kier molecular flexibility index (Phi) is 10.7. The lowest BCUT2D eigenvalue weighted by molar-refractivity contribution is -0.191. The van der Waals surface area contributed by atoms with Gasteiger partial charge >= 0.3 is 20.2 Å². The van der Waals surface area contributed by atoms with Crippen LogP contribution in [0.2, 0.25) is 0 Å². The van der Waals surface area contributed by atoms with Gasteiger partial charge in [-0.05, 0) is 37.9 Å². The normalized spacial score (nSPS) is 21.4. The van der Waals surface area contributed by atoms with Crippen LogP contribution in [0.3, 0.4) is 0 Å². The number of aryl methyl sites for hydroxylation is 1. The molecule has 0 bridgehead atoms. The minimum Gasteiger partial charge on any atom is -0.539 e. The van der Waals surface area contributed by atoms with E-state index in [4.69, 9.17) is 22.5 Å². The summed E-state index contributed by atoms with van der Waals surface area (Å²) in [6, 6.07) is 0. The van der Waals surface area contributed by atoms with Gasteiger partial charge in [0.2, 0.25) is 5.91 Å². The molecule has 1 aromatic rings. The fourth-order valence-electron chi connectivity index (χ4n) is 3.35. The number of alkyl halides is 1. The van der Waals surface area contributed by atoms with Crippen LogP contribution >= 0.6 is 34.1 Å². The molecule has 2 radical (unpaired) electrons. The van der Waals surface area contributed by atoms with E-state index in [-0.39, 0.29) is 41.0 Å². The molecule has 2 aliphatic heterocycles. The fraction of sp³-hybridized carbons (Fsp3) is 0.591. The molecule has 12 nitrogen and oxygen atoms in total. The first-order valence-corrected chi connectivity index (χ1v) is 14.8. The maximum absolute atomic E-state index is 13.4. The second-order valence-corrected chi connectivity index (χ2v) is 13.1. The number of nitrogens with zero attached hydrogens (tertiary/aromatic N) is 4. The minimum atomic E-state index is -1.51. The predicted molar refractivity (Wildman–Crippen MR) is 145 cm³/mol. The van der Waals surface area contributed by atoms with Crippen molar-refractivity contribution < 1.29 is 37.7 Å². The highest BCUT2D eigenvalue weighted by atomic mass is 127. The van der Waals surface area contributed by atoms with Crippen LogP contribution in [-0.4, -0.2) is 77.2 Å². The molecule has 38 heavy (non-hydrogen) atoms. The van der Waals surface area contributed by atoms with Gasteiger partial charge in [-0.15, -0.1) is 0 Å². The molecule has 0 aromatic carbocycles. The third kappa shape index (κ3) is 6.64. The molecule has 3 rings (SSSR count). The van der Waals surface area contributed by atoms with Gasteiger partial charge in [0.25, 0.3) is 0 Å². The van der Waals surface area contributed by atoms with Crippen LogP contribution in [0.4, 0.5) is 0 Å². The topological polar surface area (TPSA) is 162 Å². The van der Waals surface area contributed by atoms with Crippen LogP contribution in [-0.2, 0) is 44.3 Å². The lowest BCUT2D eigenvalue weighted by Gasteiger charge is -2.49. The van der Waals surface area contributed by atoms with E-state index in [1.54, 1.807) is 6.92 Å². The van der Waals surface area contributed by atoms with Crippen LogP contribution < -0.4 is 0 Å². The molecule has 0 saturated carbocycles. The Hall–Kier alpha value is -2.30. The Morgan fingerprint density at radius 3 is 2.37 bits per heavy atom. The summed E-state index contributed by atoms with van der Waals surface area (Å²) in [5.41, 5.74) is -0.618. The third-order valence-corrected chi connectivity index (χ3v) is 9.61. The zero-order valence-corrected chi connectivity index (χ0v) is 25.4. The smallest absolute Gasteiger partial charge is 0.378 e. The molecule has 3 atom stereocenters. The summed E-state index contributed by atoms with van der Waals surface area (Å²) in [6.45, 7) is 11.4. The van der Waals surface area contributed by atoms with Crippen LogP contribution in [0.1, 0.15) is 51.9 Å². The predicted octanol–water partition coefficient (Wildman–Crippen LogP) is 1.63. The Morgan fingerprint density at radius 1 is 1.29 bits per heavy atom. The molecule has 3 heterocycles. The number of amides is 1. The molecule has 2 aliphatic rings. The lowest BCUT2D eigenvalue weighted by Crippen LogP contribution is -2.66. The average Bonchev–Trinajstić information content (AvgIpc) is 3.26. The number of fused-ring (bicyclic) bond motifs is 1. The van der Waals surface area contributed by atoms with E-state index in [0.29, 0.717) is 15.0 Å². The van der Waals surface area contributed by atoms with E-state index in [1.165, 1.54) is 0 Å². The van der Waals surface area contributed by atoms with Crippen molar-refractivity contribution in [2.75, 3.05) is 10.2 Å². The second-order valence-electron chi connectivity index (χ2n) is 9.86. The van der Waals surface area contributed by atoms with Crippen molar-refractivity contribution in [2.24, 2.45) is 16.5 Å². The summed E-state index contributed by atoms with van der Waals surface area (Å²) < 4.78 is 21.9. The van der Waals surface area contributed by atoms with Crippen molar-refractivity contribution in [3.05, 3.63) is 22.1 Å². The highest BCUT2D eigenvalue weighted by Crippen LogP contribution is 2.41. The first-order valence-electron chi connectivity index (χ1n) is 11.1. The molecular formula is C22H26BIN4O8S2. The van der Waals surface area contributed by atoms with Gasteiger partial charge in [-0.3, -0.25) is 18.7 Å². The standard InChI is InChI=1S/C21H26BIN4O6S2.CO2/c1-10-24-16(26-34-10)14(25-33-21(5,6)20(2,3)4)13(28)7-12-17(29)27-15(19(30)32-22)11(8-23)9-35(31)18(12)27;2-1-3/h12,18H,7-9H2,1-6H3;/b25-14-;/t12-,18-,35?;/m1./s1. The molecule has 0 spiro atoms. The Labute approximate surface area is 241 Å². The lowest BCUT2D eigenvalue weighted by atomic mass is 9.79. The molecule has 204 valence electrons. The monoisotopic (exact) mass is 676 g/mol. The van der Waals surface area contributed by atoms with Gasteiger partial charge in [-0.1, -0.05) is 48.5 Å². The Balaban J connectivity index is 0.00000161. The number of ketones is 1. The SMILES string of the molecule is O=C=O.[B]OC(=O)C1=C(CI)CS(=O)[C@@H]2[C@H](CC(=O)/C(=N/OC(C)(C)C(C)(C)C)c3nsc(C)n3)C(=O)N12. The van der Waals surface area contributed by atoms with E-state index >= 15 is 0 Å². The quantitative estimate of drug-likeness (QED) is 0.0989. The molecule has 1 unspecified atom stereocenters. The van der Waals surface area contributed by atoms with E-state index in [0.717, 1.165) is 16.4 Å². The number of hydrogen-bond acceptors (Lipinski definition) is 12. The van der Waals surface area contributed by atoms with Crippen molar-refractivity contribution in [3.63, 3.8) is 0 Å². The number of carbonyl (C=O) groups excluding carboxylic acids is 5. The average molecular weight is 676 g/mol. The molecule has 1 amide bonds. The first kappa shape index (κ1) is 31.9. The highest BCUT2D eigenvalue weighted by Gasteiger charge is 2.57. The summed E-state index contributed by atoms with van der Waals surface area (Å²) in [7, 11) is 3.55. The largest absolute Gasteiger partial charge is 0.539 e. The van der Waals surface area contributed by atoms with Crippen molar-refractivity contribution in [3.8, 4) is 0 Å². The molecular weight excluding hydrogens is 650 g/mol. The van der Waals surface area contributed by atoms with E-state index in [1.807, 2.05) is 57.2 Å². The molecule has 1 fully saturated rings. The van der Waals surface area contributed by atoms with Crippen molar-refractivity contribution >= 4 is 82.5 Å². The third-order valence-electron chi connectivity index (χ3n) is 6.36. The van der Waals surface area contributed by atoms with Gasteiger partial charge in [0, 0.05) is 32.8 Å². The first-order chi connectivity index (χ1) is 17.6. The van der Waals surface area contributed by atoms with Crippen LogP contribution in [0.5, 0.6) is 0 Å². The van der Waals surface area contributed by atoms with Gasteiger partial charge in [-0.25, -0.2) is 9.78 Å². The number of rotatable bonds is 8. The van der Waals surface area contributed by atoms with Crippen LogP contribution in [0.25, 0.3) is 0 Å². The summed E-state index contributed by atoms with van der Waals surface area (Å²) in [5.74, 6) is -2.61. The number of hydrogen-bond donors (Lipinski definition) is 0. The van der Waals surface area contributed by atoms with Crippen molar-refractivity contribution in [2.45, 2.75) is 58.9 Å². The van der Waals surface area contributed by atoms with E-state index in [9.17, 15) is 18.6 Å². The molecule has 0 N–H and O–H groups in total. The summed E-state index contributed by atoms with van der Waals surface area (Å²) >= 11 is 3.13. The number of carbonyl (C=O) groups is 3. The summed E-state index contributed by atoms with van der Waals surface area (Å²) in [5, 5.41) is 3.93. The summed E-state index contributed by atoms with van der Waals surface area (Å²) in [4.78, 5) is 66.1. The fourth-order valence-corrected chi connectivity index (χ4v) is 6.60. The number of oxime groups is 1. The maximum Gasteiger partial charge on any atom is 0.378 e. The van der Waals surface area contributed by atoms with E-state index < -0.39 is 45.4 Å². The second kappa shape index (κ2) is 12.7. The number of halogens is 1. The van der Waals surface area contributed by atoms with Gasteiger partial charge in [0.05, 0.1) is 5.92 Å². The van der Waals surface area contributed by atoms with Crippen LogP contribution in [0, 0.1) is 18.3 Å². The zero-order valence-electron chi connectivity index (χ0n) is 21.6. The number of aromatic nitrogens is 2. The minimum absolute atomic E-state index is 0.00106. The molecule has 0 aliphatic carbocycles. The maximum atomic E-state index is 13.4. The van der Waals surface area contributed by atoms with Gasteiger partial charge in [-0.2, -0.15) is 14.0 Å². The van der Waals surface area contributed by atoms with E-state index in [2.05, 4.69) is 19.2 Å². The van der Waals surface area contributed by atoms with Gasteiger partial charge in [0.1, 0.15) is 21.7 Å².